The lowest BCUT2D eigenvalue weighted by Crippen LogP contribution is -2.46. The van der Waals surface area contributed by atoms with Gasteiger partial charge in [0.2, 0.25) is 17.7 Å². The van der Waals surface area contributed by atoms with Crippen molar-refractivity contribution in [3.63, 3.8) is 0 Å². The molecule has 2 aromatic heterocycles. The fraction of sp³-hybridized carbons (Fsp3) is 0.724. The summed E-state index contributed by atoms with van der Waals surface area (Å²) in [7, 11) is -16.5. The van der Waals surface area contributed by atoms with Crippen molar-refractivity contribution in [2.45, 2.75) is 76.6 Å². The fourth-order valence-corrected chi connectivity index (χ4v) is 8.26. The van der Waals surface area contributed by atoms with E-state index in [-0.39, 0.29) is 48.3 Å². The molecule has 3 amide bonds. The number of phosphoric ester groups is 3. The molecule has 1 saturated heterocycles. The number of anilines is 1. The third-order valence-corrected chi connectivity index (χ3v) is 11.7. The van der Waals surface area contributed by atoms with E-state index in [0.717, 1.165) is 42.9 Å². The number of nitrogens with zero attached hydrogens (tertiary/aromatic N) is 4. The number of thiol groups is 1. The number of hydrogen-bond donors (Lipinski definition) is 12. The highest BCUT2D eigenvalue weighted by atomic mass is 32.1. The Balaban J connectivity index is 1.62. The van der Waals surface area contributed by atoms with Crippen LogP contribution in [0.15, 0.2) is 12.7 Å². The maximum Gasteiger partial charge on any atom is 0.481 e. The van der Waals surface area contributed by atoms with E-state index in [0.29, 0.717) is 25.4 Å². The highest BCUT2D eigenvalue weighted by molar-refractivity contribution is 7.80. The van der Waals surface area contributed by atoms with Gasteiger partial charge in [0.25, 0.3) is 0 Å². The van der Waals surface area contributed by atoms with Crippen molar-refractivity contribution < 1.29 is 80.5 Å². The van der Waals surface area contributed by atoms with Gasteiger partial charge in [-0.25, -0.2) is 28.6 Å². The molecule has 336 valence electrons. The van der Waals surface area contributed by atoms with Crippen LogP contribution in [0.1, 0.15) is 52.2 Å². The fourth-order valence-electron chi connectivity index (χ4n) is 5.32. The monoisotopic (exact) mass is 923 g/mol. The molecule has 0 bridgehead atoms. The van der Waals surface area contributed by atoms with Gasteiger partial charge in [0.15, 0.2) is 23.2 Å². The minimum atomic E-state index is -5.60. The number of fused-ring (bicyclic) bond motifs is 1. The first-order chi connectivity index (χ1) is 27.6. The highest BCUT2D eigenvalue weighted by Gasteiger charge is 2.50. The Bertz CT molecular complexity index is 1860. The molecule has 1 aliphatic rings. The normalized spacial score (nSPS) is 21.1. The second-order valence-electron chi connectivity index (χ2n) is 13.7. The Morgan fingerprint density at radius 2 is 1.64 bits per heavy atom. The van der Waals surface area contributed by atoms with Gasteiger partial charge < -0.3 is 61.5 Å². The van der Waals surface area contributed by atoms with Gasteiger partial charge >= 0.3 is 23.5 Å². The number of aliphatic hydroxyl groups is 2. The Morgan fingerprint density at radius 3 is 2.32 bits per heavy atom. The van der Waals surface area contributed by atoms with Crippen LogP contribution in [0, 0.1) is 5.41 Å². The number of nitrogens with one attached hydrogen (secondary N) is 4. The maximum atomic E-state index is 12.8. The van der Waals surface area contributed by atoms with Crippen molar-refractivity contribution >= 4 is 70.8 Å². The number of aliphatic hydroxyl groups excluding tert-OH is 2. The summed E-state index contributed by atoms with van der Waals surface area (Å²) >= 11 is 3.96. The van der Waals surface area contributed by atoms with E-state index in [1.807, 2.05) is 0 Å². The van der Waals surface area contributed by atoms with Crippen molar-refractivity contribution in [2.75, 3.05) is 57.0 Å². The Labute approximate surface area is 343 Å². The van der Waals surface area contributed by atoms with Crippen LogP contribution in [0.25, 0.3) is 11.2 Å². The van der Waals surface area contributed by atoms with Crippen LogP contribution in [0.3, 0.4) is 0 Å². The minimum Gasteiger partial charge on any atom is -0.386 e. The average molecular weight is 924 g/mol. The molecule has 3 heterocycles. The second-order valence-corrected chi connectivity index (χ2v) is 18.3. The molecule has 0 radical (unpaired) electrons. The quantitative estimate of drug-likeness (QED) is 0.0284. The summed E-state index contributed by atoms with van der Waals surface area (Å²) in [6, 6.07) is 0. The van der Waals surface area contributed by atoms with Crippen molar-refractivity contribution in [1.82, 2.24) is 35.5 Å². The minimum absolute atomic E-state index is 0.00993. The Morgan fingerprint density at radius 1 is 0.966 bits per heavy atom. The summed E-state index contributed by atoms with van der Waals surface area (Å²) in [6.45, 7) is 1.51. The number of aromatic nitrogens is 4. The SMILES string of the molecule is CC(C)(COP(=O)(O)OP(=O)(O)OC[C@H]1O[C@@H](n2cnc3c(NCC(=O)NCCCCCCN)ncnc32)[C@H](O)[C@@H]1OP(=O)(O)O)[C@@H](O)C(=O)NCCC(=O)NCCS. The van der Waals surface area contributed by atoms with Gasteiger partial charge in [-0.3, -0.25) is 32.5 Å². The molecule has 2 unspecified atom stereocenters. The molecule has 1 fully saturated rings. The first kappa shape index (κ1) is 50.7. The molecule has 0 aromatic carbocycles. The van der Waals surface area contributed by atoms with Gasteiger partial charge in [-0.05, 0) is 19.4 Å². The summed E-state index contributed by atoms with van der Waals surface area (Å²) < 4.78 is 62.7. The number of imidazole rings is 1. The van der Waals surface area contributed by atoms with E-state index in [1.165, 1.54) is 13.8 Å². The first-order valence-corrected chi connectivity index (χ1v) is 23.2. The summed E-state index contributed by atoms with van der Waals surface area (Å²) in [6.07, 6.45) is -3.44. The third-order valence-electron chi connectivity index (χ3n) is 8.35. The molecule has 0 aliphatic carbocycles. The highest BCUT2D eigenvalue weighted by Crippen LogP contribution is 2.61. The molecular formula is C29H52N9O17P3S. The number of ether oxygens (including phenoxy) is 1. The van der Waals surface area contributed by atoms with Crippen molar-refractivity contribution in [3.8, 4) is 0 Å². The van der Waals surface area contributed by atoms with Crippen LogP contribution < -0.4 is 27.0 Å². The molecule has 26 nitrogen and oxygen atoms in total. The van der Waals surface area contributed by atoms with E-state index in [1.54, 1.807) is 0 Å². The predicted octanol–water partition coefficient (Wildman–Crippen LogP) is -1.20. The van der Waals surface area contributed by atoms with Crippen LogP contribution >= 0.6 is 36.1 Å². The van der Waals surface area contributed by atoms with Gasteiger partial charge in [0.1, 0.15) is 30.7 Å². The lowest BCUT2D eigenvalue weighted by molar-refractivity contribution is -0.137. The zero-order chi connectivity index (χ0) is 44.0. The van der Waals surface area contributed by atoms with Crippen molar-refractivity contribution in [2.24, 2.45) is 11.1 Å². The molecule has 30 heteroatoms. The number of nitrogens with two attached hydrogens (primary N) is 1. The van der Waals surface area contributed by atoms with Crippen LogP contribution in [-0.4, -0.2) is 143 Å². The van der Waals surface area contributed by atoms with E-state index in [9.17, 15) is 57.9 Å². The smallest absolute Gasteiger partial charge is 0.386 e. The van der Waals surface area contributed by atoms with Crippen LogP contribution in [0.2, 0.25) is 0 Å². The number of hydrogen-bond acceptors (Lipinski definition) is 19. The molecule has 2 aromatic rings. The van der Waals surface area contributed by atoms with E-state index >= 15 is 0 Å². The summed E-state index contributed by atoms with van der Waals surface area (Å²) in [5, 5.41) is 32.1. The van der Waals surface area contributed by atoms with Crippen molar-refractivity contribution in [3.05, 3.63) is 12.7 Å². The molecule has 0 spiro atoms. The van der Waals surface area contributed by atoms with Gasteiger partial charge in [0.05, 0.1) is 26.1 Å². The number of carbonyl (C=O) groups is 3. The lowest BCUT2D eigenvalue weighted by atomic mass is 9.87. The lowest BCUT2D eigenvalue weighted by Gasteiger charge is -2.30. The zero-order valence-corrected chi connectivity index (χ0v) is 35.6. The topological polar surface area (TPSA) is 388 Å². The molecule has 12 N–H and O–H groups in total. The molecule has 7 atom stereocenters. The average Bonchev–Trinajstić information content (AvgIpc) is 3.71. The molecule has 1 aliphatic heterocycles. The molecule has 0 saturated carbocycles. The Hall–Kier alpha value is -2.68. The van der Waals surface area contributed by atoms with Crippen LogP contribution in [0.4, 0.5) is 5.82 Å². The van der Waals surface area contributed by atoms with Gasteiger partial charge in [0, 0.05) is 37.2 Å². The van der Waals surface area contributed by atoms with Crippen molar-refractivity contribution in [1.29, 1.82) is 0 Å². The number of rotatable bonds is 27. The van der Waals surface area contributed by atoms with E-state index in [4.69, 9.17) is 24.0 Å². The molecule has 59 heavy (non-hydrogen) atoms. The zero-order valence-electron chi connectivity index (χ0n) is 32.1. The molecule has 3 rings (SSSR count). The van der Waals surface area contributed by atoms with Crippen LogP contribution in [0.5, 0.6) is 0 Å². The summed E-state index contributed by atoms with van der Waals surface area (Å²) in [4.78, 5) is 88.4. The van der Waals surface area contributed by atoms with E-state index in [2.05, 4.69) is 53.2 Å². The summed E-state index contributed by atoms with van der Waals surface area (Å²) in [5.74, 6) is -1.15. The van der Waals surface area contributed by atoms with Gasteiger partial charge in [-0.2, -0.15) is 16.9 Å². The first-order valence-electron chi connectivity index (χ1n) is 18.0. The standard InChI is InChI=1S/C29H52N9O17P3S/c1-29(2,24(42)27(43)33-10-7-19(39)32-11-12-59)15-52-58(49,50)55-57(47,48)51-14-18-23(54-56(44,45)46)22(41)28(53-18)38-17-37-21-25(35-16-36-26(21)38)34-13-20(40)31-9-6-4-3-5-8-30/h16-18,22-24,28,41-42,59H,3-15,30H2,1-2H3,(H,31,40)(H,32,39)(H,33,43)(H,47,48)(H,49,50)(H,34,35,36)(H2,44,45,46)/t18-,22-,23-,24+,28-/m1/s1. The Kier molecular flexibility index (Phi) is 19.7. The predicted molar refractivity (Wildman–Crippen MR) is 208 cm³/mol. The van der Waals surface area contributed by atoms with Gasteiger partial charge in [-0.1, -0.05) is 26.7 Å². The number of amides is 3. The van der Waals surface area contributed by atoms with Crippen LogP contribution in [-0.2, 0) is 50.7 Å². The maximum absolute atomic E-state index is 12.8. The second kappa shape index (κ2) is 23.0. The summed E-state index contributed by atoms with van der Waals surface area (Å²) in [5.41, 5.74) is 3.98. The molecular weight excluding hydrogens is 871 g/mol. The number of unbranched alkanes of at least 4 members (excludes halogenated alkanes) is 3. The van der Waals surface area contributed by atoms with E-state index < -0.39 is 78.6 Å². The van der Waals surface area contributed by atoms with Gasteiger partial charge in [-0.15, -0.1) is 0 Å². The number of phosphoric acid groups is 3. The number of carbonyl (C=O) groups excluding carboxylic acids is 3. The third kappa shape index (κ3) is 16.6. The largest absolute Gasteiger partial charge is 0.481 e.